The van der Waals surface area contributed by atoms with Crippen molar-refractivity contribution < 1.29 is 9.47 Å². The Morgan fingerprint density at radius 1 is 1.17 bits per heavy atom. The van der Waals surface area contributed by atoms with Crippen LogP contribution in [0, 0.1) is 4.77 Å². The van der Waals surface area contributed by atoms with Gasteiger partial charge in [-0.15, -0.1) is 6.58 Å². The molecule has 0 N–H and O–H groups in total. The first kappa shape index (κ1) is 19.4. The number of fused-ring (bicyclic) bond motifs is 1. The first-order valence-corrected chi connectivity index (χ1v) is 9.96. The van der Waals surface area contributed by atoms with Crippen LogP contribution in [0.25, 0.3) is 0 Å². The van der Waals surface area contributed by atoms with Crippen LogP contribution in [0.1, 0.15) is 17.5 Å². The van der Waals surface area contributed by atoms with Crippen LogP contribution in [0.15, 0.2) is 67.3 Å². The molecule has 0 bridgehead atoms. The Morgan fingerprint density at radius 3 is 2.66 bits per heavy atom. The van der Waals surface area contributed by atoms with E-state index in [0.29, 0.717) is 24.6 Å². The lowest BCUT2D eigenvalue weighted by Gasteiger charge is -2.25. The molecule has 1 atom stereocenters. The van der Waals surface area contributed by atoms with Crippen molar-refractivity contribution in [3.8, 4) is 11.5 Å². The highest BCUT2D eigenvalue weighted by Gasteiger charge is 2.28. The largest absolute Gasteiger partial charge is 0.485 e. The van der Waals surface area contributed by atoms with Crippen LogP contribution < -0.4 is 9.47 Å². The lowest BCUT2D eigenvalue weighted by atomic mass is 10.2. The molecular weight excluding hydrogens is 384 g/mol. The van der Waals surface area contributed by atoms with Crippen LogP contribution in [0.5, 0.6) is 11.5 Å². The standard InChI is InChI=1S/C22H24N4O2S/c1-3-13-25-21(20-15-27-18-11-7-8-12-19(18)28-20)23-26(22(25)29)16-24(2)14-17-9-5-4-6-10-17/h3-12,20H,1,13-16H2,2H3/t20-/m0/s1. The minimum absolute atomic E-state index is 0.327. The molecule has 4 rings (SSSR count). The van der Waals surface area contributed by atoms with E-state index in [1.165, 1.54) is 5.56 Å². The Labute approximate surface area is 175 Å². The van der Waals surface area contributed by atoms with Gasteiger partial charge in [-0.05, 0) is 37.0 Å². The molecule has 1 aliphatic rings. The molecule has 1 aliphatic heterocycles. The fourth-order valence-corrected chi connectivity index (χ4v) is 3.68. The summed E-state index contributed by atoms with van der Waals surface area (Å²) in [4.78, 5) is 2.17. The number of hydrogen-bond acceptors (Lipinski definition) is 5. The lowest BCUT2D eigenvalue weighted by molar-refractivity contribution is 0.0818. The van der Waals surface area contributed by atoms with Crippen molar-refractivity contribution in [2.75, 3.05) is 13.7 Å². The maximum Gasteiger partial charge on any atom is 0.199 e. The summed E-state index contributed by atoms with van der Waals surface area (Å²) in [7, 11) is 2.05. The number of allylic oxidation sites excluding steroid dienone is 1. The summed E-state index contributed by atoms with van der Waals surface area (Å²) in [6.45, 7) is 6.20. The quantitative estimate of drug-likeness (QED) is 0.433. The van der Waals surface area contributed by atoms with Crippen LogP contribution in [0.4, 0.5) is 0 Å². The molecule has 0 aliphatic carbocycles. The van der Waals surface area contributed by atoms with Gasteiger partial charge in [0, 0.05) is 13.1 Å². The van der Waals surface area contributed by atoms with Crippen molar-refractivity contribution in [2.45, 2.75) is 25.9 Å². The number of nitrogens with zero attached hydrogens (tertiary/aromatic N) is 4. The van der Waals surface area contributed by atoms with Crippen LogP contribution in [-0.2, 0) is 19.8 Å². The van der Waals surface area contributed by atoms with Gasteiger partial charge < -0.3 is 9.47 Å². The molecule has 2 heterocycles. The third kappa shape index (κ3) is 4.26. The first-order chi connectivity index (χ1) is 14.2. The average molecular weight is 409 g/mol. The van der Waals surface area contributed by atoms with E-state index in [1.807, 2.05) is 57.8 Å². The van der Waals surface area contributed by atoms with Gasteiger partial charge in [0.2, 0.25) is 0 Å². The maximum absolute atomic E-state index is 6.16. The molecule has 0 fully saturated rings. The predicted molar refractivity (Wildman–Crippen MR) is 114 cm³/mol. The van der Waals surface area contributed by atoms with E-state index < -0.39 is 0 Å². The van der Waals surface area contributed by atoms with Gasteiger partial charge in [-0.25, -0.2) is 4.68 Å². The molecule has 6 nitrogen and oxygen atoms in total. The molecule has 0 saturated carbocycles. The molecule has 3 aromatic rings. The number of aromatic nitrogens is 3. The van der Waals surface area contributed by atoms with Gasteiger partial charge in [0.1, 0.15) is 6.61 Å². The normalized spacial score (nSPS) is 15.4. The highest BCUT2D eigenvalue weighted by Crippen LogP contribution is 2.35. The zero-order chi connectivity index (χ0) is 20.2. The highest BCUT2D eigenvalue weighted by atomic mass is 32.1. The zero-order valence-corrected chi connectivity index (χ0v) is 17.2. The van der Waals surface area contributed by atoms with Crippen LogP contribution in [0.2, 0.25) is 0 Å². The zero-order valence-electron chi connectivity index (χ0n) is 16.4. The van der Waals surface area contributed by atoms with E-state index in [9.17, 15) is 0 Å². The van der Waals surface area contributed by atoms with Crippen molar-refractivity contribution in [1.82, 2.24) is 19.2 Å². The van der Waals surface area contributed by atoms with E-state index in [0.717, 1.165) is 23.9 Å². The third-order valence-corrected chi connectivity index (χ3v) is 5.16. The van der Waals surface area contributed by atoms with Gasteiger partial charge >= 0.3 is 0 Å². The van der Waals surface area contributed by atoms with E-state index in [-0.39, 0.29) is 6.10 Å². The Morgan fingerprint density at radius 2 is 1.90 bits per heavy atom. The molecule has 0 saturated heterocycles. The molecule has 0 spiro atoms. The molecule has 29 heavy (non-hydrogen) atoms. The minimum Gasteiger partial charge on any atom is -0.485 e. The lowest BCUT2D eigenvalue weighted by Crippen LogP contribution is -2.25. The maximum atomic E-state index is 6.16. The smallest absolute Gasteiger partial charge is 0.199 e. The Bertz CT molecular complexity index is 1040. The van der Waals surface area contributed by atoms with Gasteiger partial charge in [0.05, 0.1) is 6.67 Å². The van der Waals surface area contributed by atoms with Crippen molar-refractivity contribution >= 4 is 12.2 Å². The Hall–Kier alpha value is -2.90. The summed E-state index contributed by atoms with van der Waals surface area (Å²) >= 11 is 5.70. The summed E-state index contributed by atoms with van der Waals surface area (Å²) < 4.78 is 16.5. The second-order valence-electron chi connectivity index (χ2n) is 7.05. The number of ether oxygens (including phenoxy) is 2. The molecule has 1 aromatic heterocycles. The summed E-state index contributed by atoms with van der Waals surface area (Å²) in [5.74, 6) is 2.22. The SMILES string of the molecule is C=CCn1c([C@@H]2COc3ccccc3O2)nn(CN(C)Cc2ccccc2)c1=S. The molecule has 0 amide bonds. The summed E-state index contributed by atoms with van der Waals surface area (Å²) in [5.41, 5.74) is 1.24. The summed E-state index contributed by atoms with van der Waals surface area (Å²) in [6, 6.07) is 18.0. The van der Waals surface area contributed by atoms with Crippen LogP contribution in [0.3, 0.4) is 0 Å². The fourth-order valence-electron chi connectivity index (χ4n) is 3.41. The Kier molecular flexibility index (Phi) is 5.78. The predicted octanol–water partition coefficient (Wildman–Crippen LogP) is 4.20. The molecule has 0 radical (unpaired) electrons. The minimum atomic E-state index is -0.327. The second-order valence-corrected chi connectivity index (χ2v) is 7.41. The van der Waals surface area contributed by atoms with Gasteiger partial charge in [-0.2, -0.15) is 5.10 Å². The highest BCUT2D eigenvalue weighted by molar-refractivity contribution is 7.71. The van der Waals surface area contributed by atoms with E-state index in [2.05, 4.69) is 30.7 Å². The van der Waals surface area contributed by atoms with Gasteiger partial charge in [0.25, 0.3) is 0 Å². The summed E-state index contributed by atoms with van der Waals surface area (Å²) in [6.07, 6.45) is 1.49. The van der Waals surface area contributed by atoms with Crippen molar-refractivity contribution in [3.05, 3.63) is 83.4 Å². The summed E-state index contributed by atoms with van der Waals surface area (Å²) in [5, 5.41) is 4.79. The van der Waals surface area contributed by atoms with E-state index in [4.69, 9.17) is 26.8 Å². The average Bonchev–Trinajstić information content (AvgIpc) is 3.04. The van der Waals surface area contributed by atoms with Crippen molar-refractivity contribution in [3.63, 3.8) is 0 Å². The molecule has 0 unspecified atom stereocenters. The van der Waals surface area contributed by atoms with Crippen molar-refractivity contribution in [1.29, 1.82) is 0 Å². The molecule has 2 aromatic carbocycles. The van der Waals surface area contributed by atoms with Crippen LogP contribution >= 0.6 is 12.2 Å². The Balaban J connectivity index is 1.57. The number of benzene rings is 2. The number of hydrogen-bond donors (Lipinski definition) is 0. The number of rotatable bonds is 7. The fraction of sp³-hybridized carbons (Fsp3) is 0.273. The first-order valence-electron chi connectivity index (χ1n) is 9.55. The monoisotopic (exact) mass is 408 g/mol. The van der Waals surface area contributed by atoms with E-state index >= 15 is 0 Å². The van der Waals surface area contributed by atoms with Crippen molar-refractivity contribution in [2.24, 2.45) is 0 Å². The van der Waals surface area contributed by atoms with E-state index in [1.54, 1.807) is 0 Å². The molecule has 150 valence electrons. The molecular formula is C22H24N4O2S. The van der Waals surface area contributed by atoms with Crippen LogP contribution in [-0.4, -0.2) is 32.9 Å². The van der Waals surface area contributed by atoms with Gasteiger partial charge in [-0.3, -0.25) is 9.47 Å². The topological polar surface area (TPSA) is 44.5 Å². The third-order valence-electron chi connectivity index (χ3n) is 4.73. The number of para-hydroxylation sites is 2. The van der Waals surface area contributed by atoms with Gasteiger partial charge in [-0.1, -0.05) is 48.5 Å². The molecule has 7 heteroatoms. The second kappa shape index (κ2) is 8.63. The van der Waals surface area contributed by atoms with Gasteiger partial charge in [0.15, 0.2) is 28.2 Å².